The van der Waals surface area contributed by atoms with Gasteiger partial charge < -0.3 is 9.80 Å². The van der Waals surface area contributed by atoms with E-state index in [1.165, 1.54) is 21.7 Å². The highest BCUT2D eigenvalue weighted by Gasteiger charge is 2.25. The molecule has 0 bridgehead atoms. The summed E-state index contributed by atoms with van der Waals surface area (Å²) in [5.74, 6) is 0.0476. The van der Waals surface area contributed by atoms with E-state index in [1.807, 2.05) is 10.3 Å². The highest BCUT2D eigenvalue weighted by atomic mass is 32.1. The topological polar surface area (TPSA) is 36.4 Å². The van der Waals surface area contributed by atoms with Crippen molar-refractivity contribution in [1.82, 2.24) is 9.88 Å². The number of thiophene rings is 1. The summed E-state index contributed by atoms with van der Waals surface area (Å²) in [5, 5.41) is 2.83. The highest BCUT2D eigenvalue weighted by molar-refractivity contribution is 7.21. The Hall–Kier alpha value is -2.18. The van der Waals surface area contributed by atoms with Gasteiger partial charge in [-0.1, -0.05) is 12.1 Å². The van der Waals surface area contributed by atoms with E-state index < -0.39 is 0 Å². The van der Waals surface area contributed by atoms with Gasteiger partial charge in [-0.05, 0) is 50.1 Å². The van der Waals surface area contributed by atoms with Crippen LogP contribution in [0.15, 0.2) is 35.7 Å². The van der Waals surface area contributed by atoms with Crippen molar-refractivity contribution in [2.45, 2.75) is 20.8 Å². The van der Waals surface area contributed by atoms with Crippen LogP contribution in [0.4, 0.5) is 5.69 Å². The maximum absolute atomic E-state index is 12.9. The fourth-order valence-electron chi connectivity index (χ4n) is 3.41. The normalized spacial score (nSPS) is 14.6. The van der Waals surface area contributed by atoms with Crippen LogP contribution in [0, 0.1) is 20.8 Å². The van der Waals surface area contributed by atoms with E-state index in [-0.39, 0.29) is 5.91 Å². The summed E-state index contributed by atoms with van der Waals surface area (Å²) in [6, 6.07) is 10.7. The molecule has 0 atom stereocenters. The molecule has 4 rings (SSSR count). The van der Waals surface area contributed by atoms with Gasteiger partial charge in [-0.2, -0.15) is 0 Å². The predicted octanol–water partition coefficient (Wildman–Crippen LogP) is 4.76. The summed E-state index contributed by atoms with van der Waals surface area (Å²) < 4.78 is 0. The second-order valence-corrected chi connectivity index (χ2v) is 9.16. The van der Waals surface area contributed by atoms with E-state index >= 15 is 0 Å². The van der Waals surface area contributed by atoms with Gasteiger partial charge in [0.15, 0.2) is 0 Å². The Labute approximate surface area is 168 Å². The van der Waals surface area contributed by atoms with Crippen LogP contribution in [0.25, 0.3) is 9.88 Å². The Balaban J connectivity index is 1.43. The van der Waals surface area contributed by atoms with Crippen molar-refractivity contribution < 1.29 is 4.79 Å². The first-order valence-corrected chi connectivity index (χ1v) is 10.8. The summed E-state index contributed by atoms with van der Waals surface area (Å²) in [6.07, 6.45) is 0. The first-order chi connectivity index (χ1) is 13.0. The van der Waals surface area contributed by atoms with E-state index in [0.29, 0.717) is 5.69 Å². The molecular formula is C21H23N3OS2. The number of nitrogens with zero attached hydrogens (tertiary/aromatic N) is 3. The molecule has 2 aromatic heterocycles. The van der Waals surface area contributed by atoms with Crippen LogP contribution < -0.4 is 4.90 Å². The maximum atomic E-state index is 12.9. The molecule has 1 aromatic carbocycles. The third-order valence-electron chi connectivity index (χ3n) is 4.95. The van der Waals surface area contributed by atoms with Gasteiger partial charge in [0.05, 0.1) is 4.88 Å². The van der Waals surface area contributed by atoms with E-state index in [0.717, 1.165) is 36.1 Å². The molecule has 27 heavy (non-hydrogen) atoms. The lowest BCUT2D eigenvalue weighted by molar-refractivity contribution is 0.0742. The molecule has 1 fully saturated rings. The Kier molecular flexibility index (Phi) is 5.02. The SMILES string of the molecule is Cc1ccc(C)c(N2CCN(C(=O)c3csc(-c4ccc(C)s4)n3)CC2)c1. The predicted molar refractivity (Wildman–Crippen MR) is 114 cm³/mol. The van der Waals surface area contributed by atoms with Crippen molar-refractivity contribution in [2.24, 2.45) is 0 Å². The summed E-state index contributed by atoms with van der Waals surface area (Å²) in [4.78, 5) is 24.2. The van der Waals surface area contributed by atoms with Crippen LogP contribution in [-0.4, -0.2) is 42.0 Å². The molecule has 3 aromatic rings. The van der Waals surface area contributed by atoms with Gasteiger partial charge in [-0.3, -0.25) is 4.79 Å². The van der Waals surface area contributed by atoms with Crippen molar-refractivity contribution in [1.29, 1.82) is 0 Å². The lowest BCUT2D eigenvalue weighted by atomic mass is 10.1. The van der Waals surface area contributed by atoms with Crippen LogP contribution in [0.1, 0.15) is 26.5 Å². The Morgan fingerprint density at radius 2 is 1.81 bits per heavy atom. The molecule has 0 N–H and O–H groups in total. The molecule has 4 nitrogen and oxygen atoms in total. The van der Waals surface area contributed by atoms with E-state index in [1.54, 1.807) is 22.7 Å². The zero-order chi connectivity index (χ0) is 19.0. The number of anilines is 1. The number of carbonyl (C=O) groups is 1. The fourth-order valence-corrected chi connectivity index (χ4v) is 5.14. The van der Waals surface area contributed by atoms with Gasteiger partial charge in [0.2, 0.25) is 0 Å². The van der Waals surface area contributed by atoms with Crippen LogP contribution >= 0.6 is 22.7 Å². The maximum Gasteiger partial charge on any atom is 0.273 e. The number of carbonyl (C=O) groups excluding carboxylic acids is 1. The quantitative estimate of drug-likeness (QED) is 0.639. The third-order valence-corrected chi connectivity index (χ3v) is 6.96. The summed E-state index contributed by atoms with van der Waals surface area (Å²) in [6.45, 7) is 9.54. The van der Waals surface area contributed by atoms with E-state index in [9.17, 15) is 4.79 Å². The van der Waals surface area contributed by atoms with Crippen molar-refractivity contribution in [2.75, 3.05) is 31.1 Å². The number of amides is 1. The molecule has 1 aliphatic heterocycles. The van der Waals surface area contributed by atoms with Gasteiger partial charge in [0.25, 0.3) is 5.91 Å². The van der Waals surface area contributed by atoms with Gasteiger partial charge in [0.1, 0.15) is 10.7 Å². The summed E-state index contributed by atoms with van der Waals surface area (Å²) in [7, 11) is 0. The molecule has 1 amide bonds. The molecular weight excluding hydrogens is 374 g/mol. The Morgan fingerprint density at radius 3 is 2.52 bits per heavy atom. The zero-order valence-electron chi connectivity index (χ0n) is 15.9. The Morgan fingerprint density at radius 1 is 1.04 bits per heavy atom. The average molecular weight is 398 g/mol. The molecule has 0 saturated carbocycles. The number of hydrogen-bond acceptors (Lipinski definition) is 5. The van der Waals surface area contributed by atoms with Gasteiger partial charge >= 0.3 is 0 Å². The second kappa shape index (κ2) is 7.44. The molecule has 6 heteroatoms. The minimum atomic E-state index is 0.0476. The van der Waals surface area contributed by atoms with Crippen molar-refractivity contribution >= 4 is 34.3 Å². The molecule has 0 aliphatic carbocycles. The molecule has 3 heterocycles. The van der Waals surface area contributed by atoms with E-state index in [4.69, 9.17) is 0 Å². The minimum Gasteiger partial charge on any atom is -0.368 e. The number of hydrogen-bond donors (Lipinski definition) is 0. The van der Waals surface area contributed by atoms with Crippen molar-refractivity contribution in [3.05, 3.63) is 57.4 Å². The number of benzene rings is 1. The lowest BCUT2D eigenvalue weighted by Crippen LogP contribution is -2.49. The van der Waals surface area contributed by atoms with Crippen LogP contribution in [0.3, 0.4) is 0 Å². The summed E-state index contributed by atoms with van der Waals surface area (Å²) in [5.41, 5.74) is 4.41. The molecule has 0 radical (unpaired) electrons. The highest BCUT2D eigenvalue weighted by Crippen LogP contribution is 2.30. The molecule has 0 spiro atoms. The number of piperazine rings is 1. The smallest absolute Gasteiger partial charge is 0.273 e. The number of thiazole rings is 1. The van der Waals surface area contributed by atoms with Crippen LogP contribution in [-0.2, 0) is 0 Å². The molecule has 1 aliphatic rings. The first-order valence-electron chi connectivity index (χ1n) is 9.15. The zero-order valence-corrected chi connectivity index (χ0v) is 17.5. The first kappa shape index (κ1) is 18.2. The minimum absolute atomic E-state index is 0.0476. The lowest BCUT2D eigenvalue weighted by Gasteiger charge is -2.36. The van der Waals surface area contributed by atoms with Crippen molar-refractivity contribution in [3.63, 3.8) is 0 Å². The number of aromatic nitrogens is 1. The van der Waals surface area contributed by atoms with E-state index in [2.05, 4.69) is 61.0 Å². The van der Waals surface area contributed by atoms with Crippen LogP contribution in [0.2, 0.25) is 0 Å². The van der Waals surface area contributed by atoms with Crippen molar-refractivity contribution in [3.8, 4) is 9.88 Å². The molecule has 140 valence electrons. The monoisotopic (exact) mass is 397 g/mol. The second-order valence-electron chi connectivity index (χ2n) is 7.02. The third kappa shape index (κ3) is 3.77. The largest absolute Gasteiger partial charge is 0.368 e. The standard InChI is InChI=1S/C21H23N3OS2/c1-14-4-5-15(2)18(12-14)23-8-10-24(11-9-23)21(25)17-13-26-20(22-17)19-7-6-16(3)27-19/h4-7,12-13H,8-11H2,1-3H3. The molecule has 1 saturated heterocycles. The summed E-state index contributed by atoms with van der Waals surface area (Å²) >= 11 is 3.27. The van der Waals surface area contributed by atoms with Gasteiger partial charge in [-0.25, -0.2) is 4.98 Å². The number of rotatable bonds is 3. The Bertz CT molecular complexity index is 967. The molecule has 0 unspecified atom stereocenters. The average Bonchev–Trinajstić information content (AvgIpc) is 3.32. The van der Waals surface area contributed by atoms with Gasteiger partial charge in [0, 0.05) is 42.1 Å². The number of aryl methyl sites for hydroxylation is 3. The van der Waals surface area contributed by atoms with Crippen LogP contribution in [0.5, 0.6) is 0 Å². The van der Waals surface area contributed by atoms with Gasteiger partial charge in [-0.15, -0.1) is 22.7 Å². The fraction of sp³-hybridized carbons (Fsp3) is 0.333.